The van der Waals surface area contributed by atoms with Crippen LogP contribution in [0.2, 0.25) is 0 Å². The van der Waals surface area contributed by atoms with Gasteiger partial charge in [0, 0.05) is 52.8 Å². The number of carbonyl (C=O) groups is 3. The van der Waals surface area contributed by atoms with E-state index in [1.807, 2.05) is 30.3 Å². The minimum atomic E-state index is -1.39. The van der Waals surface area contributed by atoms with E-state index in [-0.39, 0.29) is 47.9 Å². The molecule has 3 aromatic carbocycles. The number of amides is 2. The van der Waals surface area contributed by atoms with Crippen LogP contribution in [0.5, 0.6) is 11.5 Å². The van der Waals surface area contributed by atoms with Crippen LogP contribution in [0, 0.1) is 0 Å². The molecule has 1 aliphatic heterocycles. The van der Waals surface area contributed by atoms with Gasteiger partial charge in [0.2, 0.25) is 5.91 Å². The summed E-state index contributed by atoms with van der Waals surface area (Å²) in [5.41, 5.74) is 1.86. The highest BCUT2D eigenvalue weighted by Gasteiger charge is 2.51. The Morgan fingerprint density at radius 1 is 1.06 bits per heavy atom. The first-order chi connectivity index (χ1) is 23.8. The summed E-state index contributed by atoms with van der Waals surface area (Å²) in [5, 5.41) is 25.7. The second-order valence-corrected chi connectivity index (χ2v) is 12.0. The van der Waals surface area contributed by atoms with Crippen molar-refractivity contribution < 1.29 is 38.5 Å². The van der Waals surface area contributed by atoms with Crippen LogP contribution in [0.3, 0.4) is 0 Å². The van der Waals surface area contributed by atoms with Gasteiger partial charge in [0.25, 0.3) is 5.91 Å². The largest absolute Gasteiger partial charge is 0.493 e. The van der Waals surface area contributed by atoms with Crippen LogP contribution in [0.15, 0.2) is 93.7 Å². The van der Waals surface area contributed by atoms with Crippen molar-refractivity contribution in [2.24, 2.45) is 0 Å². The topological polar surface area (TPSA) is 171 Å². The molecular weight excluding hydrogens is 630 g/mol. The van der Waals surface area contributed by atoms with Gasteiger partial charge in [-0.2, -0.15) is 0 Å². The second-order valence-electron chi connectivity index (χ2n) is 12.0. The van der Waals surface area contributed by atoms with Crippen LogP contribution < -0.4 is 20.4 Å². The lowest BCUT2D eigenvalue weighted by atomic mass is 9.77. The molecule has 0 unspecified atom stereocenters. The number of hydrogen-bond donors (Lipinski definition) is 4. The molecule has 0 saturated carbocycles. The molecule has 49 heavy (non-hydrogen) atoms. The molecule has 4 atom stereocenters. The molecule has 0 saturated heterocycles. The van der Waals surface area contributed by atoms with Gasteiger partial charge >= 0.3 is 5.63 Å². The summed E-state index contributed by atoms with van der Waals surface area (Å²) in [6.45, 7) is -0.333. The summed E-state index contributed by atoms with van der Waals surface area (Å²) in [4.78, 5) is 57.9. The summed E-state index contributed by atoms with van der Waals surface area (Å²) < 4.78 is 17.3. The minimum absolute atomic E-state index is 0.0324. The van der Waals surface area contributed by atoms with E-state index < -0.39 is 41.6 Å². The number of fused-ring (bicyclic) bond motifs is 5. The summed E-state index contributed by atoms with van der Waals surface area (Å²) in [5.74, 6) is -1.60. The first-order valence-corrected chi connectivity index (χ1v) is 15.8. The Balaban J connectivity index is 1.34. The fourth-order valence-electron chi connectivity index (χ4n) is 6.82. The number of nitrogens with zero attached hydrogens (tertiary/aromatic N) is 1. The highest BCUT2D eigenvalue weighted by molar-refractivity contribution is 5.99. The maximum absolute atomic E-state index is 14.5. The number of rotatable bonds is 10. The Labute approximate surface area is 279 Å². The lowest BCUT2D eigenvalue weighted by Gasteiger charge is -2.40. The van der Waals surface area contributed by atoms with Crippen molar-refractivity contribution in [1.29, 1.82) is 0 Å². The number of aromatic nitrogens is 1. The van der Waals surface area contributed by atoms with Gasteiger partial charge in [-0.05, 0) is 47.9 Å². The Bertz CT molecular complexity index is 2150. The minimum Gasteiger partial charge on any atom is -0.493 e. The van der Waals surface area contributed by atoms with Gasteiger partial charge in [-0.15, -0.1) is 0 Å². The SMILES string of the molecule is COc1cc(C=O)cc2c1O[C@@H]1[C@@H](O)[C@H](N(CCc3cc4ccccc4[nH]3)C(=O)c3cc4ccccc4oc3=O)C=C(C(=O)NCCO)[C@H]21. The molecule has 2 amide bonds. The molecule has 12 nitrogen and oxygen atoms in total. The fourth-order valence-corrected chi connectivity index (χ4v) is 6.82. The van der Waals surface area contributed by atoms with Gasteiger partial charge in [0.1, 0.15) is 29.6 Å². The number of aromatic amines is 1. The summed E-state index contributed by atoms with van der Waals surface area (Å²) in [6.07, 6.45) is -0.00776. The molecule has 7 rings (SSSR count). The number of ether oxygens (including phenoxy) is 2. The van der Waals surface area contributed by atoms with E-state index in [0.717, 1.165) is 16.6 Å². The van der Waals surface area contributed by atoms with Crippen LogP contribution in [0.4, 0.5) is 0 Å². The summed E-state index contributed by atoms with van der Waals surface area (Å²) in [7, 11) is 1.42. The second kappa shape index (κ2) is 13.1. The number of carbonyl (C=O) groups excluding carboxylic acids is 3. The number of aldehydes is 1. The summed E-state index contributed by atoms with van der Waals surface area (Å²) >= 11 is 0. The van der Waals surface area contributed by atoms with Gasteiger partial charge in [-0.3, -0.25) is 14.4 Å². The molecule has 0 radical (unpaired) electrons. The lowest BCUT2D eigenvalue weighted by Crippen LogP contribution is -2.56. The molecule has 5 aromatic rings. The maximum Gasteiger partial charge on any atom is 0.349 e. The van der Waals surface area contributed by atoms with Crippen LogP contribution in [-0.4, -0.2) is 83.3 Å². The highest BCUT2D eigenvalue weighted by Crippen LogP contribution is 2.51. The van der Waals surface area contributed by atoms with Crippen molar-refractivity contribution in [2.45, 2.75) is 30.6 Å². The number of aliphatic hydroxyl groups is 2. The molecule has 2 aromatic heterocycles. The van der Waals surface area contributed by atoms with Gasteiger partial charge < -0.3 is 39.3 Å². The van der Waals surface area contributed by atoms with Crippen molar-refractivity contribution >= 4 is 40.0 Å². The number of H-pyrrole nitrogens is 1. The van der Waals surface area contributed by atoms with Gasteiger partial charge in [-0.25, -0.2) is 4.79 Å². The Kier molecular flexibility index (Phi) is 8.49. The number of benzene rings is 3. The average Bonchev–Trinajstić information content (AvgIpc) is 3.72. The van der Waals surface area contributed by atoms with E-state index >= 15 is 0 Å². The third-order valence-corrected chi connectivity index (χ3v) is 9.11. The predicted molar refractivity (Wildman–Crippen MR) is 179 cm³/mol. The number of nitrogens with one attached hydrogen (secondary N) is 2. The zero-order chi connectivity index (χ0) is 34.2. The van der Waals surface area contributed by atoms with Gasteiger partial charge in [0.05, 0.1) is 25.7 Å². The molecule has 2 aliphatic rings. The van der Waals surface area contributed by atoms with Crippen LogP contribution in [0.1, 0.15) is 37.9 Å². The standard InChI is InChI=1S/C37H33N3O9/c1-47-30-15-20(19-42)14-24-31-25(35(44)38-11-13-41)18-28(32(43)34(31)49-33(24)30)40(12-10-23-16-21-6-2-4-8-27(21)39-23)36(45)26-17-22-7-3-5-9-29(22)48-37(26)46/h2-9,14-19,28,31-32,34,39,41,43H,10-13H2,1H3,(H,38,44)/t28-,31+,32+,34+/m1/s1. The Morgan fingerprint density at radius 3 is 2.59 bits per heavy atom. The number of aliphatic hydroxyl groups excluding tert-OH is 2. The Hall–Kier alpha value is -5.72. The molecule has 4 N–H and O–H groups in total. The molecule has 250 valence electrons. The molecule has 12 heteroatoms. The predicted octanol–water partition coefficient (Wildman–Crippen LogP) is 3.10. The first-order valence-electron chi connectivity index (χ1n) is 15.8. The van der Waals surface area contributed by atoms with E-state index in [1.165, 1.54) is 30.2 Å². The number of hydrogen-bond acceptors (Lipinski definition) is 9. The molecule has 1 aliphatic carbocycles. The lowest BCUT2D eigenvalue weighted by molar-refractivity contribution is -0.118. The molecule has 3 heterocycles. The van der Waals surface area contributed by atoms with Crippen LogP contribution >= 0.6 is 0 Å². The van der Waals surface area contributed by atoms with E-state index in [9.17, 15) is 29.4 Å². The van der Waals surface area contributed by atoms with E-state index in [1.54, 1.807) is 30.3 Å². The first kappa shape index (κ1) is 31.9. The van der Waals surface area contributed by atoms with Crippen molar-refractivity contribution in [2.75, 3.05) is 26.8 Å². The van der Waals surface area contributed by atoms with Crippen molar-refractivity contribution in [1.82, 2.24) is 15.2 Å². The smallest absolute Gasteiger partial charge is 0.349 e. The third-order valence-electron chi connectivity index (χ3n) is 9.11. The molecule has 0 spiro atoms. The summed E-state index contributed by atoms with van der Waals surface area (Å²) in [6, 6.07) is 19.9. The van der Waals surface area contributed by atoms with Crippen molar-refractivity contribution in [3.8, 4) is 11.5 Å². The average molecular weight is 664 g/mol. The van der Waals surface area contributed by atoms with Gasteiger partial charge in [0.15, 0.2) is 11.5 Å². The quantitative estimate of drug-likeness (QED) is 0.129. The molecule has 0 bridgehead atoms. The maximum atomic E-state index is 14.5. The number of para-hydroxylation sites is 2. The van der Waals surface area contributed by atoms with E-state index in [2.05, 4.69) is 10.3 Å². The molecular formula is C37H33N3O9. The van der Waals surface area contributed by atoms with Crippen LogP contribution in [-0.2, 0) is 11.2 Å². The highest BCUT2D eigenvalue weighted by atomic mass is 16.5. The Morgan fingerprint density at radius 2 is 1.84 bits per heavy atom. The third kappa shape index (κ3) is 5.74. The van der Waals surface area contributed by atoms with Crippen LogP contribution in [0.25, 0.3) is 21.9 Å². The normalized spacial score (nSPS) is 19.4. The molecule has 0 fully saturated rings. The number of methoxy groups -OCH3 is 1. The van der Waals surface area contributed by atoms with E-state index in [0.29, 0.717) is 29.2 Å². The monoisotopic (exact) mass is 663 g/mol. The van der Waals surface area contributed by atoms with Crippen molar-refractivity contribution in [3.63, 3.8) is 0 Å². The fraction of sp³-hybridized carbons (Fsp3) is 0.243. The zero-order valence-electron chi connectivity index (χ0n) is 26.4. The van der Waals surface area contributed by atoms with Gasteiger partial charge in [-0.1, -0.05) is 36.4 Å². The van der Waals surface area contributed by atoms with E-state index in [4.69, 9.17) is 13.9 Å². The van der Waals surface area contributed by atoms with Crippen molar-refractivity contribution in [3.05, 3.63) is 117 Å². The zero-order valence-corrected chi connectivity index (χ0v) is 26.4.